The van der Waals surface area contributed by atoms with Gasteiger partial charge in [-0.2, -0.15) is 4.39 Å². The molecule has 22 heavy (non-hydrogen) atoms. The summed E-state index contributed by atoms with van der Waals surface area (Å²) < 4.78 is 33.6. The highest BCUT2D eigenvalue weighted by atomic mass is 28.3. The fourth-order valence-corrected chi connectivity index (χ4v) is 3.20. The van der Waals surface area contributed by atoms with E-state index in [2.05, 4.69) is 13.1 Å². The maximum absolute atomic E-state index is 14.3. The van der Waals surface area contributed by atoms with Gasteiger partial charge in [0.05, 0.1) is 15.4 Å². The van der Waals surface area contributed by atoms with Crippen LogP contribution in [-0.4, -0.2) is 15.4 Å². The van der Waals surface area contributed by atoms with Crippen molar-refractivity contribution >= 4 is 14.0 Å². The SMILES string of the molecule is CCCCOc1ccc(-c2ccc([SiH](C)C)cc2)c(F)c1F. The quantitative estimate of drug-likeness (QED) is 0.562. The molecule has 2 aromatic rings. The minimum atomic E-state index is -0.907. The number of benzene rings is 2. The molecule has 0 heterocycles. The van der Waals surface area contributed by atoms with Crippen LogP contribution in [0.1, 0.15) is 19.8 Å². The molecule has 0 atom stereocenters. The molecule has 0 aliphatic carbocycles. The van der Waals surface area contributed by atoms with Gasteiger partial charge in [-0.25, -0.2) is 4.39 Å². The van der Waals surface area contributed by atoms with E-state index in [1.54, 1.807) is 6.07 Å². The van der Waals surface area contributed by atoms with Crippen LogP contribution >= 0.6 is 0 Å². The Bertz CT molecular complexity index is 624. The third-order valence-electron chi connectivity index (χ3n) is 3.69. The molecule has 4 heteroatoms. The monoisotopic (exact) mass is 320 g/mol. The molecule has 1 nitrogen and oxygen atoms in total. The second kappa shape index (κ2) is 7.54. The second-order valence-electron chi connectivity index (χ2n) is 5.72. The number of hydrogen-bond acceptors (Lipinski definition) is 1. The molecular formula is C18H22F2OSi. The van der Waals surface area contributed by atoms with Crippen molar-refractivity contribution in [3.63, 3.8) is 0 Å². The highest BCUT2D eigenvalue weighted by molar-refractivity contribution is 6.70. The zero-order valence-corrected chi connectivity index (χ0v) is 14.5. The van der Waals surface area contributed by atoms with Crippen LogP contribution in [-0.2, 0) is 0 Å². The predicted molar refractivity (Wildman–Crippen MR) is 90.7 cm³/mol. The van der Waals surface area contributed by atoms with E-state index < -0.39 is 20.4 Å². The minimum absolute atomic E-state index is 0.0130. The van der Waals surface area contributed by atoms with Crippen molar-refractivity contribution in [3.05, 3.63) is 48.0 Å². The first-order chi connectivity index (χ1) is 10.5. The first-order valence-electron chi connectivity index (χ1n) is 7.75. The Labute approximate surface area is 132 Å². The van der Waals surface area contributed by atoms with E-state index in [-0.39, 0.29) is 11.3 Å². The van der Waals surface area contributed by atoms with Crippen LogP contribution in [0.5, 0.6) is 5.75 Å². The van der Waals surface area contributed by atoms with Gasteiger partial charge in [0.2, 0.25) is 5.82 Å². The fraction of sp³-hybridized carbons (Fsp3) is 0.333. The molecule has 2 rings (SSSR count). The molecular weight excluding hydrogens is 298 g/mol. The fourth-order valence-electron chi connectivity index (χ4n) is 2.24. The summed E-state index contributed by atoms with van der Waals surface area (Å²) in [6, 6.07) is 10.8. The normalized spacial score (nSPS) is 11.0. The number of ether oxygens (including phenoxy) is 1. The first kappa shape index (κ1) is 16.7. The second-order valence-corrected chi connectivity index (χ2v) is 8.69. The molecule has 118 valence electrons. The molecule has 0 amide bonds. The lowest BCUT2D eigenvalue weighted by molar-refractivity contribution is 0.289. The molecule has 0 N–H and O–H groups in total. The number of unbranched alkanes of at least 4 members (excludes halogenated alkanes) is 1. The van der Waals surface area contributed by atoms with Crippen LogP contribution in [0.15, 0.2) is 36.4 Å². The van der Waals surface area contributed by atoms with Gasteiger partial charge in [0.25, 0.3) is 0 Å². The Morgan fingerprint density at radius 3 is 2.23 bits per heavy atom. The summed E-state index contributed by atoms with van der Waals surface area (Å²) in [5.41, 5.74) is 0.965. The molecule has 0 aliphatic rings. The summed E-state index contributed by atoms with van der Waals surface area (Å²) in [4.78, 5) is 0. The number of halogens is 2. The zero-order chi connectivity index (χ0) is 16.1. The average Bonchev–Trinajstić information content (AvgIpc) is 2.52. The molecule has 0 saturated heterocycles. The first-order valence-corrected chi connectivity index (χ1v) is 10.6. The van der Waals surface area contributed by atoms with Gasteiger partial charge in [-0.15, -0.1) is 0 Å². The van der Waals surface area contributed by atoms with Gasteiger partial charge in [-0.05, 0) is 24.1 Å². The molecule has 0 aliphatic heterocycles. The van der Waals surface area contributed by atoms with E-state index in [9.17, 15) is 8.78 Å². The Kier molecular flexibility index (Phi) is 5.72. The molecule has 0 spiro atoms. The largest absolute Gasteiger partial charge is 0.490 e. The van der Waals surface area contributed by atoms with Crippen molar-refractivity contribution in [2.24, 2.45) is 0 Å². The third-order valence-corrected chi connectivity index (χ3v) is 5.41. The third kappa shape index (κ3) is 3.74. The Morgan fingerprint density at radius 2 is 1.64 bits per heavy atom. The Balaban J connectivity index is 2.26. The van der Waals surface area contributed by atoms with Crippen molar-refractivity contribution in [3.8, 4) is 16.9 Å². The lowest BCUT2D eigenvalue weighted by atomic mass is 10.0. The summed E-state index contributed by atoms with van der Waals surface area (Å²) in [5.74, 6) is -1.76. The summed E-state index contributed by atoms with van der Waals surface area (Å²) >= 11 is 0. The van der Waals surface area contributed by atoms with Gasteiger partial charge in [0.15, 0.2) is 11.6 Å². The molecule has 0 aromatic heterocycles. The molecule has 0 bridgehead atoms. The zero-order valence-electron chi connectivity index (χ0n) is 13.3. The van der Waals surface area contributed by atoms with E-state index in [0.29, 0.717) is 12.2 Å². The molecule has 0 radical (unpaired) electrons. The predicted octanol–water partition coefficient (Wildman–Crippen LogP) is 4.50. The standard InChI is InChI=1S/C18H22F2OSi/c1-4-5-12-21-16-11-10-15(17(19)18(16)20)13-6-8-14(9-7-13)22(2)3/h6-11,22H,4-5,12H2,1-3H3. The maximum atomic E-state index is 14.3. The van der Waals surface area contributed by atoms with Gasteiger partial charge in [-0.3, -0.25) is 0 Å². The summed E-state index contributed by atoms with van der Waals surface area (Å²) in [6.45, 7) is 6.89. The van der Waals surface area contributed by atoms with Crippen LogP contribution in [0, 0.1) is 11.6 Å². The van der Waals surface area contributed by atoms with E-state index >= 15 is 0 Å². The highest BCUT2D eigenvalue weighted by Gasteiger charge is 2.15. The lowest BCUT2D eigenvalue weighted by Gasteiger charge is -2.11. The highest BCUT2D eigenvalue weighted by Crippen LogP contribution is 2.29. The smallest absolute Gasteiger partial charge is 0.201 e. The minimum Gasteiger partial charge on any atom is -0.490 e. The van der Waals surface area contributed by atoms with E-state index in [1.165, 1.54) is 11.3 Å². The van der Waals surface area contributed by atoms with Gasteiger partial charge in [-0.1, -0.05) is 55.9 Å². The average molecular weight is 320 g/mol. The number of hydrogen-bond donors (Lipinski definition) is 0. The number of rotatable bonds is 6. The van der Waals surface area contributed by atoms with Gasteiger partial charge < -0.3 is 4.74 Å². The Hall–Kier alpha value is -1.68. The van der Waals surface area contributed by atoms with Crippen LogP contribution in [0.4, 0.5) is 8.78 Å². The van der Waals surface area contributed by atoms with Crippen molar-refractivity contribution in [2.45, 2.75) is 32.9 Å². The molecule has 0 unspecified atom stereocenters. The Morgan fingerprint density at radius 1 is 0.955 bits per heavy atom. The maximum Gasteiger partial charge on any atom is 0.201 e. The van der Waals surface area contributed by atoms with Gasteiger partial charge in [0.1, 0.15) is 0 Å². The molecule has 0 saturated carbocycles. The van der Waals surface area contributed by atoms with E-state index in [0.717, 1.165) is 12.8 Å². The lowest BCUT2D eigenvalue weighted by Crippen LogP contribution is -2.21. The summed E-state index contributed by atoms with van der Waals surface area (Å²) in [7, 11) is -0.878. The molecule has 2 aromatic carbocycles. The van der Waals surface area contributed by atoms with Crippen molar-refractivity contribution in [1.82, 2.24) is 0 Å². The van der Waals surface area contributed by atoms with Crippen LogP contribution in [0.3, 0.4) is 0 Å². The summed E-state index contributed by atoms with van der Waals surface area (Å²) in [6.07, 6.45) is 1.77. The van der Waals surface area contributed by atoms with Gasteiger partial charge in [0, 0.05) is 5.56 Å². The van der Waals surface area contributed by atoms with Gasteiger partial charge >= 0.3 is 0 Å². The topological polar surface area (TPSA) is 9.23 Å². The molecule has 0 fully saturated rings. The van der Waals surface area contributed by atoms with Crippen molar-refractivity contribution in [2.75, 3.05) is 6.61 Å². The summed E-state index contributed by atoms with van der Waals surface area (Å²) in [5, 5.41) is 1.31. The van der Waals surface area contributed by atoms with Crippen LogP contribution in [0.2, 0.25) is 13.1 Å². The van der Waals surface area contributed by atoms with Crippen LogP contribution in [0.25, 0.3) is 11.1 Å². The van der Waals surface area contributed by atoms with E-state index in [1.807, 2.05) is 31.2 Å². The van der Waals surface area contributed by atoms with Crippen molar-refractivity contribution in [1.29, 1.82) is 0 Å². The van der Waals surface area contributed by atoms with Crippen LogP contribution < -0.4 is 9.92 Å². The van der Waals surface area contributed by atoms with E-state index in [4.69, 9.17) is 4.74 Å². The van der Waals surface area contributed by atoms with Crippen molar-refractivity contribution < 1.29 is 13.5 Å².